The van der Waals surface area contributed by atoms with E-state index < -0.39 is 0 Å². The zero-order valence-electron chi connectivity index (χ0n) is 8.89. The van der Waals surface area contributed by atoms with Gasteiger partial charge >= 0.3 is 0 Å². The molecule has 1 saturated carbocycles. The number of nitrogens with two attached hydrogens (primary N) is 1. The Kier molecular flexibility index (Phi) is 2.25. The zero-order chi connectivity index (χ0) is 11.0. The van der Waals surface area contributed by atoms with Gasteiger partial charge in [0.25, 0.3) is 0 Å². The van der Waals surface area contributed by atoms with Crippen molar-refractivity contribution in [3.8, 4) is 11.5 Å². The Morgan fingerprint density at radius 2 is 2.38 bits per heavy atom. The predicted molar refractivity (Wildman–Crippen MR) is 58.7 cm³/mol. The zero-order valence-corrected chi connectivity index (χ0v) is 8.89. The molecule has 2 aromatic rings. The minimum absolute atomic E-state index is 0.164. The van der Waals surface area contributed by atoms with E-state index >= 15 is 0 Å². The molecule has 0 radical (unpaired) electrons. The lowest BCUT2D eigenvalue weighted by Gasteiger charge is -2.08. The summed E-state index contributed by atoms with van der Waals surface area (Å²) in [7, 11) is 0. The van der Waals surface area contributed by atoms with Gasteiger partial charge in [0.1, 0.15) is 0 Å². The third-order valence-electron chi connectivity index (χ3n) is 3.17. The van der Waals surface area contributed by atoms with Crippen LogP contribution in [0, 0.1) is 0 Å². The molecule has 0 aromatic carbocycles. The lowest BCUT2D eigenvalue weighted by atomic mass is 10.1. The molecule has 2 unspecified atom stereocenters. The van der Waals surface area contributed by atoms with Crippen LogP contribution in [0.2, 0.25) is 0 Å². The Balaban J connectivity index is 1.88. The fourth-order valence-corrected chi connectivity index (χ4v) is 2.26. The van der Waals surface area contributed by atoms with Crippen molar-refractivity contribution in [2.24, 2.45) is 5.73 Å². The van der Waals surface area contributed by atoms with E-state index in [-0.39, 0.29) is 12.0 Å². The summed E-state index contributed by atoms with van der Waals surface area (Å²) in [4.78, 5) is 7.45. The Morgan fingerprint density at radius 1 is 1.44 bits per heavy atom. The van der Waals surface area contributed by atoms with Gasteiger partial charge in [-0.3, -0.25) is 0 Å². The number of nitrogens with zero attached hydrogens (tertiary/aromatic N) is 2. The van der Waals surface area contributed by atoms with Gasteiger partial charge < -0.3 is 15.2 Å². The molecule has 5 heteroatoms. The summed E-state index contributed by atoms with van der Waals surface area (Å²) >= 11 is 0. The summed E-state index contributed by atoms with van der Waals surface area (Å²) in [6, 6.07) is 3.99. The van der Waals surface area contributed by atoms with Crippen LogP contribution < -0.4 is 5.73 Å². The van der Waals surface area contributed by atoms with E-state index in [1.54, 1.807) is 0 Å². The third-order valence-corrected chi connectivity index (χ3v) is 3.17. The molecule has 0 saturated heterocycles. The highest BCUT2D eigenvalue weighted by Crippen LogP contribution is 2.32. The monoisotopic (exact) mass is 218 g/mol. The normalized spacial score (nSPS) is 25.1. The molecule has 84 valence electrons. The van der Waals surface area contributed by atoms with E-state index in [0.29, 0.717) is 11.7 Å². The van der Waals surface area contributed by atoms with Crippen molar-refractivity contribution in [3.63, 3.8) is 0 Å². The first-order valence-corrected chi connectivity index (χ1v) is 5.57. The van der Waals surface area contributed by atoms with Gasteiger partial charge in [-0.2, -0.15) is 4.98 Å². The van der Waals surface area contributed by atoms with Crippen LogP contribution in [0.1, 0.15) is 31.1 Å². The highest BCUT2D eigenvalue weighted by molar-refractivity contribution is 5.47. The maximum Gasteiger partial charge on any atom is 0.231 e. The number of aromatic amines is 1. The molecule has 16 heavy (non-hydrogen) atoms. The van der Waals surface area contributed by atoms with Crippen molar-refractivity contribution >= 4 is 0 Å². The Bertz CT molecular complexity index is 462. The van der Waals surface area contributed by atoms with Crippen molar-refractivity contribution in [2.75, 3.05) is 0 Å². The van der Waals surface area contributed by atoms with Gasteiger partial charge in [0.05, 0.1) is 11.6 Å². The molecule has 3 N–H and O–H groups in total. The second kappa shape index (κ2) is 3.75. The van der Waals surface area contributed by atoms with E-state index in [2.05, 4.69) is 15.1 Å². The number of hydrogen-bond donors (Lipinski definition) is 2. The lowest BCUT2D eigenvalue weighted by Crippen LogP contribution is -2.22. The SMILES string of the molecule is NC1CCCC1c1nc(-c2ccc[nH]2)no1. The molecule has 2 aromatic heterocycles. The molecule has 0 amide bonds. The maximum atomic E-state index is 6.00. The van der Waals surface area contributed by atoms with Crippen LogP contribution in [-0.2, 0) is 0 Å². The van der Waals surface area contributed by atoms with Crippen molar-refractivity contribution in [1.82, 2.24) is 15.1 Å². The van der Waals surface area contributed by atoms with Gasteiger partial charge in [0.2, 0.25) is 11.7 Å². The molecule has 2 heterocycles. The van der Waals surface area contributed by atoms with Crippen LogP contribution in [0.15, 0.2) is 22.9 Å². The molecule has 3 rings (SSSR count). The van der Waals surface area contributed by atoms with E-state index in [9.17, 15) is 0 Å². The smallest absolute Gasteiger partial charge is 0.231 e. The van der Waals surface area contributed by atoms with E-state index in [1.807, 2.05) is 18.3 Å². The summed E-state index contributed by atoms with van der Waals surface area (Å²) in [5.74, 6) is 1.52. The number of H-pyrrole nitrogens is 1. The highest BCUT2D eigenvalue weighted by Gasteiger charge is 2.30. The molecule has 0 aliphatic heterocycles. The molecule has 1 aliphatic carbocycles. The maximum absolute atomic E-state index is 6.00. The van der Waals surface area contributed by atoms with Crippen molar-refractivity contribution in [3.05, 3.63) is 24.2 Å². The van der Waals surface area contributed by atoms with Crippen LogP contribution in [0.4, 0.5) is 0 Å². The summed E-state index contributed by atoms with van der Waals surface area (Å²) < 4.78 is 5.28. The predicted octanol–water partition coefficient (Wildman–Crippen LogP) is 1.66. The van der Waals surface area contributed by atoms with Crippen molar-refractivity contribution in [1.29, 1.82) is 0 Å². The van der Waals surface area contributed by atoms with Crippen LogP contribution in [0.3, 0.4) is 0 Å². The number of hydrogen-bond acceptors (Lipinski definition) is 4. The van der Waals surface area contributed by atoms with Gasteiger partial charge in [-0.15, -0.1) is 0 Å². The Hall–Kier alpha value is -1.62. The summed E-state index contributed by atoms with van der Waals surface area (Å²) in [5.41, 5.74) is 6.88. The quantitative estimate of drug-likeness (QED) is 0.803. The third kappa shape index (κ3) is 1.53. The Labute approximate surface area is 93.0 Å². The molecular weight excluding hydrogens is 204 g/mol. The molecule has 1 aliphatic rings. The largest absolute Gasteiger partial charge is 0.359 e. The molecular formula is C11H14N4O. The summed E-state index contributed by atoms with van der Waals surface area (Å²) in [6.07, 6.45) is 5.08. The summed E-state index contributed by atoms with van der Waals surface area (Å²) in [5, 5.41) is 3.96. The van der Waals surface area contributed by atoms with Crippen LogP contribution in [0.25, 0.3) is 11.5 Å². The fourth-order valence-electron chi connectivity index (χ4n) is 2.26. The topological polar surface area (TPSA) is 80.7 Å². The average molecular weight is 218 g/mol. The van der Waals surface area contributed by atoms with Crippen molar-refractivity contribution in [2.45, 2.75) is 31.2 Å². The number of nitrogens with one attached hydrogen (secondary N) is 1. The Morgan fingerprint density at radius 3 is 3.06 bits per heavy atom. The van der Waals surface area contributed by atoms with Crippen LogP contribution in [0.5, 0.6) is 0 Å². The first-order chi connectivity index (χ1) is 7.84. The molecule has 0 bridgehead atoms. The molecule has 2 atom stereocenters. The fraction of sp³-hybridized carbons (Fsp3) is 0.455. The van der Waals surface area contributed by atoms with Gasteiger partial charge in [-0.25, -0.2) is 0 Å². The highest BCUT2D eigenvalue weighted by atomic mass is 16.5. The van der Waals surface area contributed by atoms with E-state index in [4.69, 9.17) is 10.3 Å². The van der Waals surface area contributed by atoms with E-state index in [0.717, 1.165) is 25.0 Å². The van der Waals surface area contributed by atoms with Crippen molar-refractivity contribution < 1.29 is 4.52 Å². The van der Waals surface area contributed by atoms with Gasteiger partial charge in [0, 0.05) is 12.2 Å². The van der Waals surface area contributed by atoms with E-state index in [1.165, 1.54) is 0 Å². The molecule has 5 nitrogen and oxygen atoms in total. The molecule has 1 fully saturated rings. The van der Waals surface area contributed by atoms with Gasteiger partial charge in [-0.1, -0.05) is 11.6 Å². The second-order valence-electron chi connectivity index (χ2n) is 4.24. The minimum atomic E-state index is 0.164. The van der Waals surface area contributed by atoms with Crippen LogP contribution in [-0.4, -0.2) is 21.2 Å². The minimum Gasteiger partial charge on any atom is -0.359 e. The van der Waals surface area contributed by atoms with Gasteiger partial charge in [-0.05, 0) is 25.0 Å². The van der Waals surface area contributed by atoms with Gasteiger partial charge in [0.15, 0.2) is 0 Å². The number of rotatable bonds is 2. The number of aromatic nitrogens is 3. The van der Waals surface area contributed by atoms with Crippen LogP contribution >= 0.6 is 0 Å². The lowest BCUT2D eigenvalue weighted by molar-refractivity contribution is 0.345. The first kappa shape index (κ1) is 9.59. The second-order valence-corrected chi connectivity index (χ2v) is 4.24. The standard InChI is InChI=1S/C11H14N4O/c12-8-4-1-3-7(8)11-14-10(15-16-11)9-5-2-6-13-9/h2,5-8,13H,1,3-4,12H2. The summed E-state index contributed by atoms with van der Waals surface area (Å²) in [6.45, 7) is 0. The first-order valence-electron chi connectivity index (χ1n) is 5.57. The average Bonchev–Trinajstić information content (AvgIpc) is 2.96. The molecule has 0 spiro atoms.